The zero-order chi connectivity index (χ0) is 10.6. The largest absolute Gasteiger partial charge is 0.323 e. The van der Waals surface area contributed by atoms with E-state index in [0.717, 1.165) is 16.3 Å². The van der Waals surface area contributed by atoms with Crippen molar-refractivity contribution in [3.8, 4) is 0 Å². The summed E-state index contributed by atoms with van der Waals surface area (Å²) < 4.78 is 0. The van der Waals surface area contributed by atoms with Crippen LogP contribution in [0.1, 0.15) is 25.5 Å². The molecule has 0 spiro atoms. The van der Waals surface area contributed by atoms with E-state index in [9.17, 15) is 0 Å². The van der Waals surface area contributed by atoms with Crippen LogP contribution in [0.4, 0.5) is 0 Å². The summed E-state index contributed by atoms with van der Waals surface area (Å²) >= 11 is 7.76. The Balaban J connectivity index is 2.56. The molecular weight excluding hydrogens is 214 g/mol. The van der Waals surface area contributed by atoms with Crippen molar-refractivity contribution in [2.75, 3.05) is 5.75 Å². The van der Waals surface area contributed by atoms with Gasteiger partial charge in [0.1, 0.15) is 0 Å². The maximum atomic E-state index is 6.03. The van der Waals surface area contributed by atoms with Crippen molar-refractivity contribution in [2.45, 2.75) is 25.1 Å². The van der Waals surface area contributed by atoms with Gasteiger partial charge >= 0.3 is 0 Å². The molecule has 78 valence electrons. The van der Waals surface area contributed by atoms with Gasteiger partial charge in [-0.1, -0.05) is 37.6 Å². The lowest BCUT2D eigenvalue weighted by molar-refractivity contribution is 0.828. The highest BCUT2D eigenvalue weighted by atomic mass is 35.5. The predicted molar refractivity (Wildman–Crippen MR) is 66.0 cm³/mol. The van der Waals surface area contributed by atoms with Crippen LogP contribution in [0.25, 0.3) is 0 Å². The Morgan fingerprint density at radius 3 is 2.71 bits per heavy atom. The Bertz CT molecular complexity index is 288. The Morgan fingerprint density at radius 2 is 2.14 bits per heavy atom. The molecule has 1 unspecified atom stereocenters. The zero-order valence-electron chi connectivity index (χ0n) is 8.53. The SMILES string of the molecule is CC(C)SCC(N)c1cccc(Cl)c1. The van der Waals surface area contributed by atoms with Gasteiger partial charge in [0.2, 0.25) is 0 Å². The van der Waals surface area contributed by atoms with Gasteiger partial charge in [0.05, 0.1) is 0 Å². The first-order valence-electron chi connectivity index (χ1n) is 4.72. The molecule has 2 N–H and O–H groups in total. The van der Waals surface area contributed by atoms with E-state index in [-0.39, 0.29) is 6.04 Å². The minimum Gasteiger partial charge on any atom is -0.323 e. The van der Waals surface area contributed by atoms with Crippen LogP contribution in [-0.4, -0.2) is 11.0 Å². The highest BCUT2D eigenvalue weighted by Gasteiger charge is 2.07. The summed E-state index contributed by atoms with van der Waals surface area (Å²) in [5.74, 6) is 0.942. The van der Waals surface area contributed by atoms with Gasteiger partial charge in [-0.15, -0.1) is 0 Å². The zero-order valence-corrected chi connectivity index (χ0v) is 10.1. The molecule has 0 aliphatic rings. The van der Waals surface area contributed by atoms with Crippen molar-refractivity contribution >= 4 is 23.4 Å². The summed E-state index contributed by atoms with van der Waals surface area (Å²) in [5, 5.41) is 1.38. The summed E-state index contributed by atoms with van der Waals surface area (Å²) in [6.07, 6.45) is 0. The van der Waals surface area contributed by atoms with Crippen LogP contribution in [0.3, 0.4) is 0 Å². The number of hydrogen-bond donors (Lipinski definition) is 1. The van der Waals surface area contributed by atoms with E-state index in [1.165, 1.54) is 0 Å². The second kappa shape index (κ2) is 5.64. The summed E-state index contributed by atoms with van der Waals surface area (Å²) in [5.41, 5.74) is 7.15. The normalized spacial score (nSPS) is 13.2. The molecule has 0 bridgehead atoms. The van der Waals surface area contributed by atoms with Crippen LogP contribution in [0, 0.1) is 0 Å². The monoisotopic (exact) mass is 229 g/mol. The van der Waals surface area contributed by atoms with E-state index < -0.39 is 0 Å². The molecule has 0 aliphatic heterocycles. The van der Waals surface area contributed by atoms with Crippen LogP contribution in [-0.2, 0) is 0 Å². The van der Waals surface area contributed by atoms with Crippen LogP contribution >= 0.6 is 23.4 Å². The summed E-state index contributed by atoms with van der Waals surface area (Å²) in [6.45, 7) is 4.35. The molecular formula is C11H16ClNS. The van der Waals surface area contributed by atoms with Gasteiger partial charge in [-0.3, -0.25) is 0 Å². The summed E-state index contributed by atoms with van der Waals surface area (Å²) in [6, 6.07) is 7.86. The molecule has 1 aromatic rings. The van der Waals surface area contributed by atoms with Gasteiger partial charge in [-0.05, 0) is 22.9 Å². The maximum absolute atomic E-state index is 6.03. The number of benzene rings is 1. The molecule has 0 aromatic heterocycles. The third-order valence-corrected chi connectivity index (χ3v) is 3.34. The van der Waals surface area contributed by atoms with Crippen molar-refractivity contribution in [1.82, 2.24) is 0 Å². The number of thioether (sulfide) groups is 1. The predicted octanol–water partition coefficient (Wildman–Crippen LogP) is 3.48. The first-order valence-corrected chi connectivity index (χ1v) is 6.15. The van der Waals surface area contributed by atoms with Crippen LogP contribution in [0.5, 0.6) is 0 Å². The third-order valence-electron chi connectivity index (χ3n) is 1.89. The van der Waals surface area contributed by atoms with Crippen molar-refractivity contribution in [2.24, 2.45) is 5.73 Å². The smallest absolute Gasteiger partial charge is 0.0409 e. The van der Waals surface area contributed by atoms with Gasteiger partial charge in [-0.25, -0.2) is 0 Å². The molecule has 0 aliphatic carbocycles. The lowest BCUT2D eigenvalue weighted by Crippen LogP contribution is -2.14. The quantitative estimate of drug-likeness (QED) is 0.856. The van der Waals surface area contributed by atoms with Gasteiger partial charge < -0.3 is 5.73 Å². The Hall–Kier alpha value is -0.180. The van der Waals surface area contributed by atoms with E-state index in [4.69, 9.17) is 17.3 Å². The van der Waals surface area contributed by atoms with Crippen molar-refractivity contribution in [3.63, 3.8) is 0 Å². The fraction of sp³-hybridized carbons (Fsp3) is 0.455. The highest BCUT2D eigenvalue weighted by molar-refractivity contribution is 7.99. The molecule has 0 heterocycles. The molecule has 0 fully saturated rings. The van der Waals surface area contributed by atoms with Crippen LogP contribution < -0.4 is 5.73 Å². The average Bonchev–Trinajstić information content (AvgIpc) is 2.14. The number of nitrogens with two attached hydrogens (primary N) is 1. The van der Waals surface area contributed by atoms with Crippen molar-refractivity contribution < 1.29 is 0 Å². The van der Waals surface area contributed by atoms with E-state index >= 15 is 0 Å². The summed E-state index contributed by atoms with van der Waals surface area (Å²) in [7, 11) is 0. The molecule has 1 rings (SSSR count). The Labute approximate surface area is 95.0 Å². The van der Waals surface area contributed by atoms with Gasteiger partial charge in [0, 0.05) is 16.8 Å². The first-order chi connectivity index (χ1) is 6.59. The molecule has 3 heteroatoms. The molecule has 14 heavy (non-hydrogen) atoms. The van der Waals surface area contributed by atoms with Gasteiger partial charge in [0.15, 0.2) is 0 Å². The van der Waals surface area contributed by atoms with Gasteiger partial charge in [0.25, 0.3) is 0 Å². The molecule has 0 amide bonds. The molecule has 1 atom stereocenters. The van der Waals surface area contributed by atoms with E-state index in [0.29, 0.717) is 5.25 Å². The number of halogens is 1. The number of hydrogen-bond acceptors (Lipinski definition) is 2. The minimum atomic E-state index is 0.0844. The Morgan fingerprint density at radius 1 is 1.43 bits per heavy atom. The molecule has 1 aromatic carbocycles. The summed E-state index contributed by atoms with van der Waals surface area (Å²) in [4.78, 5) is 0. The molecule has 1 nitrogen and oxygen atoms in total. The van der Waals surface area contributed by atoms with Crippen molar-refractivity contribution in [3.05, 3.63) is 34.9 Å². The fourth-order valence-electron chi connectivity index (χ4n) is 1.13. The topological polar surface area (TPSA) is 26.0 Å². The van der Waals surface area contributed by atoms with E-state index in [1.807, 2.05) is 36.0 Å². The maximum Gasteiger partial charge on any atom is 0.0409 e. The third kappa shape index (κ3) is 3.91. The molecule has 0 radical (unpaired) electrons. The first kappa shape index (κ1) is 11.9. The highest BCUT2D eigenvalue weighted by Crippen LogP contribution is 2.21. The van der Waals surface area contributed by atoms with Crippen molar-refractivity contribution in [1.29, 1.82) is 0 Å². The number of rotatable bonds is 4. The average molecular weight is 230 g/mol. The van der Waals surface area contributed by atoms with E-state index in [1.54, 1.807) is 0 Å². The molecule has 0 saturated carbocycles. The Kier molecular flexibility index (Phi) is 4.79. The second-order valence-corrected chi connectivity index (χ2v) is 5.59. The minimum absolute atomic E-state index is 0.0844. The van der Waals surface area contributed by atoms with E-state index in [2.05, 4.69) is 13.8 Å². The second-order valence-electron chi connectivity index (χ2n) is 3.54. The van der Waals surface area contributed by atoms with Crippen LogP contribution in [0.15, 0.2) is 24.3 Å². The standard InChI is InChI=1S/C11H16ClNS/c1-8(2)14-7-11(13)9-4-3-5-10(12)6-9/h3-6,8,11H,7,13H2,1-2H3. The van der Waals surface area contributed by atoms with Crippen LogP contribution in [0.2, 0.25) is 5.02 Å². The fourth-order valence-corrected chi connectivity index (χ4v) is 2.11. The lowest BCUT2D eigenvalue weighted by Gasteiger charge is -2.13. The molecule has 0 saturated heterocycles. The van der Waals surface area contributed by atoms with Gasteiger partial charge in [-0.2, -0.15) is 11.8 Å². The lowest BCUT2D eigenvalue weighted by atomic mass is 10.1.